The molecule has 0 aromatic heterocycles. The molecule has 0 radical (unpaired) electrons. The first-order chi connectivity index (χ1) is 11.9. The van der Waals surface area contributed by atoms with Crippen LogP contribution in [0, 0.1) is 0 Å². The average Bonchev–Trinajstić information content (AvgIpc) is 2.58. The molecule has 1 aliphatic rings. The third kappa shape index (κ3) is 4.22. The number of carbonyl (C=O) groups excluding carboxylic acids is 1. The molecule has 2 N–H and O–H groups in total. The Bertz CT molecular complexity index is 826. The summed E-state index contributed by atoms with van der Waals surface area (Å²) < 4.78 is 1.21. The molecule has 0 unspecified atom stereocenters. The van der Waals surface area contributed by atoms with Crippen molar-refractivity contribution in [3.8, 4) is 11.5 Å². The van der Waals surface area contributed by atoms with Gasteiger partial charge in [-0.1, -0.05) is 12.1 Å². The molecule has 5 heteroatoms. The minimum atomic E-state index is 0.0552. The number of aromatic hydroxyl groups is 2. The summed E-state index contributed by atoms with van der Waals surface area (Å²) in [5.74, 6) is 0.408. The first-order valence-electron chi connectivity index (χ1n) is 7.87. The molecular weight excluding hydrogens is 448 g/mol. The second-order valence-corrected chi connectivity index (χ2v) is 7.65. The van der Waals surface area contributed by atoms with Crippen LogP contribution in [-0.2, 0) is 4.79 Å². The van der Waals surface area contributed by atoms with Gasteiger partial charge in [0.15, 0.2) is 5.78 Å². The third-order valence-electron chi connectivity index (χ3n) is 4.10. The number of hydrogen-bond donors (Lipinski definition) is 2. The molecular formula is C20H16Br2O3. The second-order valence-electron chi connectivity index (χ2n) is 5.94. The van der Waals surface area contributed by atoms with Gasteiger partial charge in [-0.15, -0.1) is 0 Å². The van der Waals surface area contributed by atoms with Crippen molar-refractivity contribution < 1.29 is 15.0 Å². The zero-order valence-corrected chi connectivity index (χ0v) is 16.5. The zero-order valence-electron chi connectivity index (χ0n) is 13.3. The lowest BCUT2D eigenvalue weighted by Gasteiger charge is -2.17. The van der Waals surface area contributed by atoms with Crippen molar-refractivity contribution in [3.63, 3.8) is 0 Å². The van der Waals surface area contributed by atoms with Crippen LogP contribution >= 0.6 is 31.9 Å². The van der Waals surface area contributed by atoms with E-state index in [1.165, 1.54) is 0 Å². The first kappa shape index (κ1) is 18.0. The van der Waals surface area contributed by atoms with Crippen LogP contribution in [0.15, 0.2) is 56.5 Å². The zero-order chi connectivity index (χ0) is 18.0. The SMILES string of the molecule is O=C1/C(=C\c2ccc(O)c(Br)c2)CCC/C1=C\c1ccc(O)c(Br)c1. The molecule has 0 amide bonds. The molecule has 0 bridgehead atoms. The van der Waals surface area contributed by atoms with E-state index in [4.69, 9.17) is 0 Å². The van der Waals surface area contributed by atoms with Gasteiger partial charge in [-0.05, 0) is 98.7 Å². The fraction of sp³-hybridized carbons (Fsp3) is 0.150. The summed E-state index contributed by atoms with van der Waals surface area (Å²) >= 11 is 6.59. The highest BCUT2D eigenvalue weighted by Gasteiger charge is 2.20. The Kier molecular flexibility index (Phi) is 5.45. The molecule has 0 spiro atoms. The molecule has 1 fully saturated rings. The van der Waals surface area contributed by atoms with Gasteiger partial charge in [0.2, 0.25) is 0 Å². The Morgan fingerprint density at radius 2 is 1.24 bits per heavy atom. The summed E-state index contributed by atoms with van der Waals surface area (Å²) in [6.45, 7) is 0. The summed E-state index contributed by atoms with van der Waals surface area (Å²) in [5.41, 5.74) is 3.30. The van der Waals surface area contributed by atoms with Gasteiger partial charge in [0.1, 0.15) is 11.5 Å². The summed E-state index contributed by atoms with van der Waals surface area (Å²) in [6.07, 6.45) is 6.17. The highest BCUT2D eigenvalue weighted by molar-refractivity contribution is 9.10. The molecule has 3 nitrogen and oxygen atoms in total. The number of phenolic OH excluding ortho intramolecular Hbond substituents is 2. The molecule has 0 saturated heterocycles. The highest BCUT2D eigenvalue weighted by atomic mass is 79.9. The van der Waals surface area contributed by atoms with Gasteiger partial charge in [0, 0.05) is 11.1 Å². The van der Waals surface area contributed by atoms with Crippen LogP contribution in [0.5, 0.6) is 11.5 Å². The van der Waals surface area contributed by atoms with E-state index in [-0.39, 0.29) is 17.3 Å². The van der Waals surface area contributed by atoms with Gasteiger partial charge in [0.25, 0.3) is 0 Å². The summed E-state index contributed by atoms with van der Waals surface area (Å²) in [4.78, 5) is 12.8. The van der Waals surface area contributed by atoms with Crippen LogP contribution in [0.2, 0.25) is 0 Å². The standard InChI is InChI=1S/C20H16Br2O3/c21-16-10-12(4-6-18(16)23)8-14-2-1-3-15(20(14)25)9-13-5-7-19(24)17(22)11-13/h4-11,23-24H,1-3H2/b14-8-,15-9+. The number of rotatable bonds is 2. The lowest BCUT2D eigenvalue weighted by atomic mass is 9.87. The molecule has 25 heavy (non-hydrogen) atoms. The van der Waals surface area contributed by atoms with E-state index in [2.05, 4.69) is 31.9 Å². The van der Waals surface area contributed by atoms with Gasteiger partial charge in [0.05, 0.1) is 8.95 Å². The molecule has 3 rings (SSSR count). The number of Topliss-reactive ketones (excluding diaryl/α,β-unsaturated/α-hetero) is 1. The number of carbonyl (C=O) groups is 1. The van der Waals surface area contributed by atoms with Crippen molar-refractivity contribution in [1.29, 1.82) is 0 Å². The lowest BCUT2D eigenvalue weighted by Crippen LogP contribution is -2.12. The Balaban J connectivity index is 1.89. The smallest absolute Gasteiger partial charge is 0.185 e. The number of phenols is 2. The molecule has 0 atom stereocenters. The van der Waals surface area contributed by atoms with Crippen molar-refractivity contribution in [3.05, 3.63) is 67.6 Å². The van der Waals surface area contributed by atoms with Gasteiger partial charge < -0.3 is 10.2 Å². The predicted molar refractivity (Wildman–Crippen MR) is 106 cm³/mol. The van der Waals surface area contributed by atoms with Crippen molar-refractivity contribution >= 4 is 49.8 Å². The van der Waals surface area contributed by atoms with E-state index in [9.17, 15) is 15.0 Å². The molecule has 2 aromatic rings. The number of halogens is 2. The quantitative estimate of drug-likeness (QED) is 0.549. The molecule has 128 valence electrons. The second kappa shape index (κ2) is 7.58. The number of hydrogen-bond acceptors (Lipinski definition) is 3. The molecule has 1 saturated carbocycles. The fourth-order valence-corrected chi connectivity index (χ4v) is 3.60. The largest absolute Gasteiger partial charge is 0.507 e. The highest BCUT2D eigenvalue weighted by Crippen LogP contribution is 2.31. The van der Waals surface area contributed by atoms with Crippen molar-refractivity contribution in [2.75, 3.05) is 0 Å². The Morgan fingerprint density at radius 1 is 0.800 bits per heavy atom. The normalized spacial score (nSPS) is 18.1. The topological polar surface area (TPSA) is 57.5 Å². The van der Waals surface area contributed by atoms with E-state index in [0.717, 1.165) is 41.5 Å². The number of benzene rings is 2. The number of ketones is 1. The third-order valence-corrected chi connectivity index (χ3v) is 5.37. The molecule has 1 aliphatic carbocycles. The maximum atomic E-state index is 12.8. The Labute approximate surface area is 163 Å². The molecule has 0 heterocycles. The monoisotopic (exact) mass is 462 g/mol. The lowest BCUT2D eigenvalue weighted by molar-refractivity contribution is -0.112. The van der Waals surface area contributed by atoms with Crippen molar-refractivity contribution in [2.24, 2.45) is 0 Å². The van der Waals surface area contributed by atoms with Crippen LogP contribution in [0.25, 0.3) is 12.2 Å². The van der Waals surface area contributed by atoms with E-state index >= 15 is 0 Å². The maximum absolute atomic E-state index is 12.8. The predicted octanol–water partition coefficient (Wildman–Crippen LogP) is 5.84. The van der Waals surface area contributed by atoms with E-state index in [0.29, 0.717) is 8.95 Å². The van der Waals surface area contributed by atoms with Gasteiger partial charge in [-0.2, -0.15) is 0 Å². The fourth-order valence-electron chi connectivity index (χ4n) is 2.81. The Morgan fingerprint density at radius 3 is 1.64 bits per heavy atom. The van der Waals surface area contributed by atoms with Gasteiger partial charge in [-0.3, -0.25) is 4.79 Å². The molecule has 0 aliphatic heterocycles. The van der Waals surface area contributed by atoms with Crippen LogP contribution < -0.4 is 0 Å². The van der Waals surface area contributed by atoms with Gasteiger partial charge >= 0.3 is 0 Å². The van der Waals surface area contributed by atoms with Crippen LogP contribution in [0.4, 0.5) is 0 Å². The van der Waals surface area contributed by atoms with Crippen molar-refractivity contribution in [1.82, 2.24) is 0 Å². The van der Waals surface area contributed by atoms with E-state index in [1.807, 2.05) is 12.2 Å². The van der Waals surface area contributed by atoms with Crippen LogP contribution in [0.1, 0.15) is 30.4 Å². The van der Waals surface area contributed by atoms with Gasteiger partial charge in [-0.25, -0.2) is 0 Å². The minimum absolute atomic E-state index is 0.0552. The Hall–Kier alpha value is -1.85. The van der Waals surface area contributed by atoms with E-state index < -0.39 is 0 Å². The van der Waals surface area contributed by atoms with Crippen LogP contribution in [-0.4, -0.2) is 16.0 Å². The summed E-state index contributed by atoms with van der Waals surface area (Å²) in [5, 5.41) is 19.2. The number of allylic oxidation sites excluding steroid dienone is 2. The summed E-state index contributed by atoms with van der Waals surface area (Å²) in [7, 11) is 0. The van der Waals surface area contributed by atoms with E-state index in [1.54, 1.807) is 36.4 Å². The maximum Gasteiger partial charge on any atom is 0.185 e. The minimum Gasteiger partial charge on any atom is -0.507 e. The van der Waals surface area contributed by atoms with Crippen LogP contribution in [0.3, 0.4) is 0 Å². The molecule has 2 aromatic carbocycles. The first-order valence-corrected chi connectivity index (χ1v) is 9.45. The summed E-state index contributed by atoms with van der Waals surface area (Å²) in [6, 6.07) is 10.4. The van der Waals surface area contributed by atoms with Crippen molar-refractivity contribution in [2.45, 2.75) is 19.3 Å². The average molecular weight is 464 g/mol.